The fourth-order valence-corrected chi connectivity index (χ4v) is 3.53. The molecule has 0 aliphatic carbocycles. The maximum Gasteiger partial charge on any atom is 0.573 e. The van der Waals surface area contributed by atoms with E-state index in [-0.39, 0.29) is 35.0 Å². The molecule has 1 aromatic heterocycles. The molecule has 0 radical (unpaired) electrons. The van der Waals surface area contributed by atoms with Gasteiger partial charge in [0, 0.05) is 11.6 Å². The van der Waals surface area contributed by atoms with Crippen LogP contribution in [0.4, 0.5) is 23.2 Å². The van der Waals surface area contributed by atoms with E-state index in [2.05, 4.69) is 20.5 Å². The third-order valence-corrected chi connectivity index (χ3v) is 4.82. The molecule has 11 heteroatoms. The van der Waals surface area contributed by atoms with Gasteiger partial charge in [-0.25, -0.2) is 14.3 Å². The van der Waals surface area contributed by atoms with Gasteiger partial charge in [-0.15, -0.1) is 18.3 Å². The van der Waals surface area contributed by atoms with Crippen molar-refractivity contribution in [3.8, 4) is 17.2 Å². The van der Waals surface area contributed by atoms with E-state index >= 15 is 0 Å². The number of anilines is 1. The van der Waals surface area contributed by atoms with E-state index < -0.39 is 23.7 Å². The largest absolute Gasteiger partial charge is 0.573 e. The second-order valence-electron chi connectivity index (χ2n) is 6.87. The zero-order valence-electron chi connectivity index (χ0n) is 15.2. The number of alkyl halides is 3. The molecule has 7 nitrogen and oxygen atoms in total. The van der Waals surface area contributed by atoms with Gasteiger partial charge in [-0.2, -0.15) is 0 Å². The number of nitrogens with one attached hydrogen (secondary N) is 3. The molecule has 1 aliphatic heterocycles. The van der Waals surface area contributed by atoms with E-state index in [1.54, 1.807) is 0 Å². The molecule has 0 amide bonds. The van der Waals surface area contributed by atoms with Crippen LogP contribution in [0, 0.1) is 17.7 Å². The minimum absolute atomic E-state index is 0.00145. The first kappa shape index (κ1) is 20.2. The summed E-state index contributed by atoms with van der Waals surface area (Å²) < 4.78 is 61.5. The molecule has 28 heavy (non-hydrogen) atoms. The van der Waals surface area contributed by atoms with Gasteiger partial charge in [-0.3, -0.25) is 0 Å². The van der Waals surface area contributed by atoms with Gasteiger partial charge in [0.1, 0.15) is 0 Å². The normalized spacial score (nSPS) is 21.4. The molecule has 0 bridgehead atoms. The Labute approximate surface area is 157 Å². The summed E-state index contributed by atoms with van der Waals surface area (Å²) in [6.07, 6.45) is -4.25. The quantitative estimate of drug-likeness (QED) is 0.664. The molecule has 1 saturated heterocycles. The second kappa shape index (κ2) is 7.82. The predicted octanol–water partition coefficient (Wildman–Crippen LogP) is 3.11. The number of nitrogens with zero attached hydrogens (tertiary/aromatic N) is 1. The molecule has 3 N–H and O–H groups in total. The molecule has 2 aromatic rings. The third-order valence-electron chi connectivity index (χ3n) is 4.82. The van der Waals surface area contributed by atoms with Crippen LogP contribution in [0.1, 0.15) is 20.3 Å². The molecule has 1 aliphatic rings. The number of benzene rings is 1. The highest BCUT2D eigenvalue weighted by atomic mass is 19.4. The van der Waals surface area contributed by atoms with E-state index in [4.69, 9.17) is 4.42 Å². The molecular formula is C17H20F4N4O3. The summed E-state index contributed by atoms with van der Waals surface area (Å²) in [4.78, 5) is 11.1. The predicted molar refractivity (Wildman–Crippen MR) is 92.4 cm³/mol. The molecule has 1 fully saturated rings. The Morgan fingerprint density at radius 1 is 1.39 bits per heavy atom. The zero-order valence-corrected chi connectivity index (χ0v) is 15.2. The van der Waals surface area contributed by atoms with Crippen LogP contribution in [0.25, 0.3) is 11.5 Å². The first-order valence-electron chi connectivity index (χ1n) is 8.76. The first-order chi connectivity index (χ1) is 13.1. The number of aromatic nitrogens is 2. The Balaban J connectivity index is 1.97. The lowest BCUT2D eigenvalue weighted by Crippen LogP contribution is -2.42. The van der Waals surface area contributed by atoms with Crippen LogP contribution in [0.5, 0.6) is 5.75 Å². The average molecular weight is 404 g/mol. The second-order valence-corrected chi connectivity index (χ2v) is 6.87. The minimum Gasteiger partial charge on any atom is -0.400 e. The SMILES string of the molecule is CC(Nc1cc(-c2n[nH]c(=O)o2)cc(F)c1OC(F)(F)F)[C@H]1CCNC[C@H]1C. The molecule has 1 aromatic carbocycles. The Morgan fingerprint density at radius 3 is 2.75 bits per heavy atom. The third kappa shape index (κ3) is 4.64. The van der Waals surface area contributed by atoms with Gasteiger partial charge in [0.15, 0.2) is 11.6 Å². The van der Waals surface area contributed by atoms with Crippen LogP contribution in [0.2, 0.25) is 0 Å². The molecule has 0 saturated carbocycles. The molecular weight excluding hydrogens is 384 g/mol. The summed E-state index contributed by atoms with van der Waals surface area (Å²) in [5.74, 6) is -2.89. The number of hydrogen-bond donors (Lipinski definition) is 3. The monoisotopic (exact) mass is 404 g/mol. The fourth-order valence-electron chi connectivity index (χ4n) is 3.53. The number of H-pyrrole nitrogens is 1. The topological polar surface area (TPSA) is 92.2 Å². The van der Waals surface area contributed by atoms with Crippen molar-refractivity contribution in [2.45, 2.75) is 32.7 Å². The van der Waals surface area contributed by atoms with Crippen molar-refractivity contribution >= 4 is 5.69 Å². The maximum absolute atomic E-state index is 14.5. The first-order valence-corrected chi connectivity index (χ1v) is 8.76. The number of ether oxygens (including phenoxy) is 1. The highest BCUT2D eigenvalue weighted by Gasteiger charge is 2.35. The number of piperidine rings is 1. The molecule has 3 atom stereocenters. The summed E-state index contributed by atoms with van der Waals surface area (Å²) in [7, 11) is 0. The highest BCUT2D eigenvalue weighted by Crippen LogP contribution is 2.38. The number of halogens is 4. The van der Waals surface area contributed by atoms with Crippen molar-refractivity contribution < 1.29 is 26.7 Å². The Kier molecular flexibility index (Phi) is 5.64. The summed E-state index contributed by atoms with van der Waals surface area (Å²) >= 11 is 0. The number of rotatable bonds is 5. The summed E-state index contributed by atoms with van der Waals surface area (Å²) in [6.45, 7) is 5.44. The van der Waals surface area contributed by atoms with Crippen LogP contribution in [-0.4, -0.2) is 35.7 Å². The van der Waals surface area contributed by atoms with Crippen molar-refractivity contribution in [3.63, 3.8) is 0 Å². The number of hydrogen-bond acceptors (Lipinski definition) is 6. The van der Waals surface area contributed by atoms with Crippen LogP contribution in [0.3, 0.4) is 0 Å². The highest BCUT2D eigenvalue weighted by molar-refractivity contribution is 5.68. The fraction of sp³-hybridized carbons (Fsp3) is 0.529. The van der Waals surface area contributed by atoms with Crippen molar-refractivity contribution in [2.24, 2.45) is 11.8 Å². The molecule has 1 unspecified atom stereocenters. The average Bonchev–Trinajstić information content (AvgIpc) is 3.03. The maximum atomic E-state index is 14.5. The van der Waals surface area contributed by atoms with Gasteiger partial charge in [0.25, 0.3) is 0 Å². The van der Waals surface area contributed by atoms with Crippen molar-refractivity contribution in [3.05, 3.63) is 28.5 Å². The van der Waals surface area contributed by atoms with Crippen molar-refractivity contribution in [1.82, 2.24) is 15.5 Å². The van der Waals surface area contributed by atoms with E-state index in [0.717, 1.165) is 25.6 Å². The van der Waals surface area contributed by atoms with Crippen LogP contribution in [0.15, 0.2) is 21.3 Å². The van der Waals surface area contributed by atoms with Gasteiger partial charge in [0.2, 0.25) is 5.89 Å². The summed E-state index contributed by atoms with van der Waals surface area (Å²) in [5.41, 5.74) is -0.199. The molecule has 0 spiro atoms. The van der Waals surface area contributed by atoms with Gasteiger partial charge in [0.05, 0.1) is 5.69 Å². The molecule has 2 heterocycles. The van der Waals surface area contributed by atoms with Gasteiger partial charge < -0.3 is 19.8 Å². The lowest BCUT2D eigenvalue weighted by atomic mass is 9.82. The Morgan fingerprint density at radius 2 is 2.14 bits per heavy atom. The van der Waals surface area contributed by atoms with E-state index in [1.807, 2.05) is 18.9 Å². The smallest absolute Gasteiger partial charge is 0.400 e. The lowest BCUT2D eigenvalue weighted by Gasteiger charge is -2.35. The van der Waals surface area contributed by atoms with Gasteiger partial charge >= 0.3 is 12.1 Å². The van der Waals surface area contributed by atoms with Crippen LogP contribution >= 0.6 is 0 Å². The van der Waals surface area contributed by atoms with Crippen molar-refractivity contribution in [2.75, 3.05) is 18.4 Å². The van der Waals surface area contributed by atoms with E-state index in [0.29, 0.717) is 0 Å². The Hall–Kier alpha value is -2.56. The summed E-state index contributed by atoms with van der Waals surface area (Å²) in [5, 5.41) is 11.8. The number of aromatic amines is 1. The lowest BCUT2D eigenvalue weighted by molar-refractivity contribution is -0.275. The van der Waals surface area contributed by atoms with Gasteiger partial charge in [-0.1, -0.05) is 6.92 Å². The van der Waals surface area contributed by atoms with E-state index in [1.165, 1.54) is 6.07 Å². The minimum atomic E-state index is -5.07. The molecule has 154 valence electrons. The molecule has 3 rings (SSSR count). The standard InChI is InChI=1S/C17H20F4N4O3/c1-8-7-22-4-3-11(8)9(2)23-13-6-10(15-24-25-16(26)27-15)5-12(18)14(13)28-17(19,20)21/h5-6,8-9,11,22-23H,3-4,7H2,1-2H3,(H,25,26)/t8-,9?,11+/m1/s1. The van der Waals surface area contributed by atoms with Crippen LogP contribution in [-0.2, 0) is 0 Å². The van der Waals surface area contributed by atoms with Gasteiger partial charge in [-0.05, 0) is 50.4 Å². The van der Waals surface area contributed by atoms with Crippen LogP contribution < -0.4 is 21.1 Å². The van der Waals surface area contributed by atoms with Crippen molar-refractivity contribution in [1.29, 1.82) is 0 Å². The van der Waals surface area contributed by atoms with E-state index in [9.17, 15) is 22.4 Å². The Bertz CT molecular complexity index is 880. The zero-order chi connectivity index (χ0) is 20.5. The summed E-state index contributed by atoms with van der Waals surface area (Å²) in [6, 6.07) is 1.72.